The number of hydrogen-bond donors (Lipinski definition) is 1. The zero-order valence-electron chi connectivity index (χ0n) is 17.2. The summed E-state index contributed by atoms with van der Waals surface area (Å²) in [5.74, 6) is 3.07. The first-order chi connectivity index (χ1) is 12.7. The molecule has 3 nitrogen and oxygen atoms in total. The molecule has 3 unspecified atom stereocenters. The van der Waals surface area contributed by atoms with Crippen molar-refractivity contribution in [2.24, 2.45) is 11.8 Å². The van der Waals surface area contributed by atoms with E-state index in [4.69, 9.17) is 4.74 Å². The number of rotatable bonds is 7. The summed E-state index contributed by atoms with van der Waals surface area (Å²) in [7, 11) is 0. The van der Waals surface area contributed by atoms with Gasteiger partial charge in [0.2, 0.25) is 0 Å². The van der Waals surface area contributed by atoms with E-state index in [1.165, 1.54) is 25.7 Å². The number of fused-ring (bicyclic) bond motifs is 2. The molecule has 0 heterocycles. The van der Waals surface area contributed by atoms with E-state index < -0.39 is 0 Å². The Balaban J connectivity index is 1.40. The molecule has 3 atom stereocenters. The highest BCUT2D eigenvalue weighted by Crippen LogP contribution is 2.49. The second-order valence-corrected chi connectivity index (χ2v) is 10.7. The summed E-state index contributed by atoms with van der Waals surface area (Å²) < 4.78 is 5.45. The van der Waals surface area contributed by atoms with Crippen LogP contribution in [0.5, 0.6) is 5.75 Å². The monoisotopic (exact) mass is 390 g/mol. The van der Waals surface area contributed by atoms with Gasteiger partial charge in [-0.25, -0.2) is 0 Å². The maximum atomic E-state index is 12.1. The smallest absolute Gasteiger partial charge is 0.306 e. The van der Waals surface area contributed by atoms with E-state index in [1.54, 1.807) is 0 Å². The zero-order valence-corrected chi connectivity index (χ0v) is 18.0. The third kappa shape index (κ3) is 5.22. The van der Waals surface area contributed by atoms with Crippen molar-refractivity contribution < 1.29 is 14.6 Å². The van der Waals surface area contributed by atoms with Crippen LogP contribution in [0, 0.1) is 18.8 Å². The van der Waals surface area contributed by atoms with Crippen LogP contribution in [0.25, 0.3) is 0 Å². The van der Waals surface area contributed by atoms with Crippen molar-refractivity contribution >= 4 is 17.7 Å². The van der Waals surface area contributed by atoms with Gasteiger partial charge in [-0.05, 0) is 66.5 Å². The van der Waals surface area contributed by atoms with Gasteiger partial charge < -0.3 is 9.84 Å². The van der Waals surface area contributed by atoms with Gasteiger partial charge in [0, 0.05) is 17.4 Å². The molecule has 27 heavy (non-hydrogen) atoms. The van der Waals surface area contributed by atoms with E-state index in [0.717, 1.165) is 39.5 Å². The Morgan fingerprint density at radius 1 is 1.26 bits per heavy atom. The lowest BCUT2D eigenvalue weighted by atomic mass is 9.83. The minimum atomic E-state index is -0.123. The highest BCUT2D eigenvalue weighted by atomic mass is 32.2. The van der Waals surface area contributed by atoms with E-state index in [1.807, 2.05) is 30.8 Å². The van der Waals surface area contributed by atoms with Gasteiger partial charge in [-0.1, -0.05) is 39.3 Å². The first-order valence-corrected chi connectivity index (χ1v) is 11.4. The van der Waals surface area contributed by atoms with Crippen molar-refractivity contribution in [2.75, 3.05) is 12.4 Å². The van der Waals surface area contributed by atoms with Gasteiger partial charge in [0.1, 0.15) is 12.4 Å². The molecule has 3 rings (SSSR count). The molecule has 0 amide bonds. The molecule has 1 aromatic carbocycles. The highest BCUT2D eigenvalue weighted by Gasteiger charge is 2.39. The normalized spacial score (nSPS) is 24.4. The van der Waals surface area contributed by atoms with Gasteiger partial charge in [-0.15, -0.1) is 0 Å². The van der Waals surface area contributed by atoms with Crippen LogP contribution in [0.2, 0.25) is 0 Å². The maximum Gasteiger partial charge on any atom is 0.306 e. The van der Waals surface area contributed by atoms with Crippen molar-refractivity contribution in [3.63, 3.8) is 0 Å². The van der Waals surface area contributed by atoms with Crippen LogP contribution < -0.4 is 0 Å². The number of aromatic hydroxyl groups is 1. The summed E-state index contributed by atoms with van der Waals surface area (Å²) in [6.45, 7) is 8.71. The number of carbonyl (C=O) groups is 1. The summed E-state index contributed by atoms with van der Waals surface area (Å²) in [4.78, 5) is 12.1. The molecular formula is C23H34O3S. The molecule has 150 valence electrons. The zero-order chi connectivity index (χ0) is 19.6. The molecule has 0 aliphatic heterocycles. The Morgan fingerprint density at radius 3 is 2.67 bits per heavy atom. The fourth-order valence-corrected chi connectivity index (χ4v) is 6.04. The number of phenolic OH excluding ortho intramolecular Hbond substituents is 1. The highest BCUT2D eigenvalue weighted by molar-refractivity contribution is 7.99. The largest absolute Gasteiger partial charge is 0.507 e. The minimum absolute atomic E-state index is 0.119. The predicted octanol–water partition coefficient (Wildman–Crippen LogP) is 5.40. The standard InChI is InChI=1S/C23H34O3S/c1-15-11-16(13-19(22(15)25)23(2,3)4)6-8-21(24)26-9-10-27-20-14-17-5-7-18(20)12-17/h11,13,17-18,20,25H,5-10,12,14H2,1-4H3. The lowest BCUT2D eigenvalue weighted by molar-refractivity contribution is -0.142. The summed E-state index contributed by atoms with van der Waals surface area (Å²) in [6, 6.07) is 4.00. The van der Waals surface area contributed by atoms with Crippen molar-refractivity contribution in [3.05, 3.63) is 28.8 Å². The fraction of sp³-hybridized carbons (Fsp3) is 0.696. The number of aryl methyl sites for hydroxylation is 2. The average Bonchev–Trinajstić information content (AvgIpc) is 3.21. The molecule has 0 aromatic heterocycles. The van der Waals surface area contributed by atoms with E-state index in [0.29, 0.717) is 25.2 Å². The molecule has 2 aliphatic rings. The summed E-state index contributed by atoms with van der Waals surface area (Å²) in [6.07, 6.45) is 6.70. The van der Waals surface area contributed by atoms with E-state index >= 15 is 0 Å². The average molecular weight is 391 g/mol. The van der Waals surface area contributed by atoms with Gasteiger partial charge in [0.15, 0.2) is 0 Å². The third-order valence-corrected chi connectivity index (χ3v) is 7.55. The number of carbonyl (C=O) groups excluding carboxylic acids is 1. The third-order valence-electron chi connectivity index (χ3n) is 6.14. The number of benzene rings is 1. The van der Waals surface area contributed by atoms with Crippen LogP contribution in [0.15, 0.2) is 12.1 Å². The molecule has 2 fully saturated rings. The lowest BCUT2D eigenvalue weighted by Gasteiger charge is -2.22. The van der Waals surface area contributed by atoms with Crippen molar-refractivity contribution in [2.45, 2.75) is 76.9 Å². The van der Waals surface area contributed by atoms with Crippen LogP contribution >= 0.6 is 11.8 Å². The minimum Gasteiger partial charge on any atom is -0.507 e. The second kappa shape index (κ2) is 8.46. The SMILES string of the molecule is Cc1cc(CCC(=O)OCCSC2CC3CCC2C3)cc(C(C)(C)C)c1O. The summed E-state index contributed by atoms with van der Waals surface area (Å²) in [5.41, 5.74) is 2.77. The van der Waals surface area contributed by atoms with E-state index in [2.05, 4.69) is 20.8 Å². The molecule has 0 spiro atoms. The Morgan fingerprint density at radius 2 is 2.04 bits per heavy atom. The van der Waals surface area contributed by atoms with Crippen LogP contribution in [0.1, 0.15) is 69.6 Å². The van der Waals surface area contributed by atoms with Gasteiger partial charge in [0.25, 0.3) is 0 Å². The summed E-state index contributed by atoms with van der Waals surface area (Å²) in [5, 5.41) is 11.1. The molecule has 2 aliphatic carbocycles. The topological polar surface area (TPSA) is 46.5 Å². The Kier molecular flexibility index (Phi) is 6.45. The quantitative estimate of drug-likeness (QED) is 0.500. The number of phenols is 1. The Bertz CT molecular complexity index is 677. The number of ether oxygens (including phenoxy) is 1. The van der Waals surface area contributed by atoms with Crippen molar-refractivity contribution in [1.29, 1.82) is 0 Å². The van der Waals surface area contributed by atoms with Crippen LogP contribution in [0.3, 0.4) is 0 Å². The lowest BCUT2D eigenvalue weighted by Crippen LogP contribution is -2.15. The Hall–Kier alpha value is -1.16. The maximum absolute atomic E-state index is 12.1. The fourth-order valence-electron chi connectivity index (χ4n) is 4.63. The van der Waals surface area contributed by atoms with Crippen LogP contribution in [-0.4, -0.2) is 28.7 Å². The van der Waals surface area contributed by atoms with E-state index in [9.17, 15) is 9.90 Å². The molecule has 1 N–H and O–H groups in total. The molecular weight excluding hydrogens is 356 g/mol. The first kappa shape index (κ1) is 20.6. The van der Waals surface area contributed by atoms with Gasteiger partial charge >= 0.3 is 5.97 Å². The molecule has 4 heteroatoms. The van der Waals surface area contributed by atoms with Gasteiger partial charge in [-0.2, -0.15) is 11.8 Å². The molecule has 0 saturated heterocycles. The number of esters is 1. The van der Waals surface area contributed by atoms with Gasteiger partial charge in [-0.3, -0.25) is 4.79 Å². The van der Waals surface area contributed by atoms with Crippen molar-refractivity contribution in [3.8, 4) is 5.75 Å². The number of thioether (sulfide) groups is 1. The number of hydrogen-bond acceptors (Lipinski definition) is 4. The molecule has 2 bridgehead atoms. The molecule has 2 saturated carbocycles. The molecule has 1 aromatic rings. The van der Waals surface area contributed by atoms with Gasteiger partial charge in [0.05, 0.1) is 0 Å². The predicted molar refractivity (Wildman–Crippen MR) is 113 cm³/mol. The molecule has 0 radical (unpaired) electrons. The van der Waals surface area contributed by atoms with Crippen molar-refractivity contribution in [1.82, 2.24) is 0 Å². The Labute approximate surface area is 168 Å². The van der Waals surface area contributed by atoms with E-state index in [-0.39, 0.29) is 11.4 Å². The second-order valence-electron chi connectivity index (χ2n) is 9.36. The van der Waals surface area contributed by atoms with Crippen LogP contribution in [0.4, 0.5) is 0 Å². The first-order valence-electron chi connectivity index (χ1n) is 10.3. The summed E-state index contributed by atoms with van der Waals surface area (Å²) >= 11 is 2.01. The van der Waals surface area contributed by atoms with Crippen LogP contribution in [-0.2, 0) is 21.4 Å².